The molecule has 9 nitrogen and oxygen atoms in total. The van der Waals surface area contributed by atoms with Crippen molar-refractivity contribution in [1.82, 2.24) is 30.2 Å². The molecule has 3 heterocycles. The molecule has 9 heteroatoms. The highest BCUT2D eigenvalue weighted by molar-refractivity contribution is 5.98. The van der Waals surface area contributed by atoms with Crippen LogP contribution >= 0.6 is 0 Å². The molecule has 0 radical (unpaired) electrons. The third kappa shape index (κ3) is 3.20. The molecule has 2 fully saturated rings. The molecule has 0 spiro atoms. The highest BCUT2D eigenvalue weighted by atomic mass is 16.2. The third-order valence-corrected chi connectivity index (χ3v) is 6.82. The number of rotatable bonds is 6. The lowest BCUT2D eigenvalue weighted by Gasteiger charge is -2.30. The molecule has 2 amide bonds. The summed E-state index contributed by atoms with van der Waals surface area (Å²) < 4.78 is 0. The summed E-state index contributed by atoms with van der Waals surface area (Å²) in [5.74, 6) is -0.0728. The van der Waals surface area contributed by atoms with Crippen molar-refractivity contribution in [2.24, 2.45) is 17.3 Å². The second-order valence-corrected chi connectivity index (χ2v) is 8.99. The van der Waals surface area contributed by atoms with E-state index in [0.29, 0.717) is 24.8 Å². The number of carbonyl (C=O) groups excluding carboxylic acids is 3. The normalized spacial score (nSPS) is 24.6. The zero-order valence-corrected chi connectivity index (χ0v) is 17.3. The predicted molar refractivity (Wildman–Crippen MR) is 112 cm³/mol. The largest absolute Gasteiger partial charge is 0.348 e. The van der Waals surface area contributed by atoms with Crippen LogP contribution in [-0.4, -0.2) is 61.6 Å². The van der Waals surface area contributed by atoms with Crippen LogP contribution in [0.15, 0.2) is 36.8 Å². The van der Waals surface area contributed by atoms with Gasteiger partial charge in [0.05, 0.1) is 23.4 Å². The summed E-state index contributed by atoms with van der Waals surface area (Å²) in [5.41, 5.74) is 2.21. The summed E-state index contributed by atoms with van der Waals surface area (Å²) in [6.45, 7) is 4.73. The standard InChI is InChI=1S/C22H24N6O3/c1-22(2)14-9-28(21(31)19-26-15-5-3-4-6-16(15)27-19)18(17(14)22)20(30)25-13(10-29)7-12-8-23-11-24-12/h3-6,8,10-11,13-14,17-18H,7,9H2,1-2H3,(H,23,24)(H,25,30)(H,26,27)/t13-,14-,17-,18-/m0/s1. The highest BCUT2D eigenvalue weighted by Crippen LogP contribution is 2.64. The summed E-state index contributed by atoms with van der Waals surface area (Å²) >= 11 is 0. The van der Waals surface area contributed by atoms with Crippen molar-refractivity contribution in [1.29, 1.82) is 0 Å². The molecule has 3 N–H and O–H groups in total. The number of aromatic nitrogens is 4. The summed E-state index contributed by atoms with van der Waals surface area (Å²) in [5, 5.41) is 2.83. The van der Waals surface area contributed by atoms with Crippen LogP contribution in [0.1, 0.15) is 30.2 Å². The molecule has 1 aliphatic carbocycles. The summed E-state index contributed by atoms with van der Waals surface area (Å²) in [6.07, 6.45) is 4.18. The van der Waals surface area contributed by atoms with Crippen LogP contribution in [-0.2, 0) is 16.0 Å². The number of carbonyl (C=O) groups is 3. The van der Waals surface area contributed by atoms with Crippen molar-refractivity contribution in [3.8, 4) is 0 Å². The van der Waals surface area contributed by atoms with Gasteiger partial charge in [0, 0.05) is 24.9 Å². The van der Waals surface area contributed by atoms with E-state index in [1.54, 1.807) is 11.1 Å². The van der Waals surface area contributed by atoms with Gasteiger partial charge in [-0.05, 0) is 29.4 Å². The molecule has 1 saturated heterocycles. The quantitative estimate of drug-likeness (QED) is 0.519. The van der Waals surface area contributed by atoms with Gasteiger partial charge in [0.25, 0.3) is 5.91 Å². The van der Waals surface area contributed by atoms with Gasteiger partial charge in [-0.3, -0.25) is 9.59 Å². The number of benzene rings is 1. The number of imidazole rings is 2. The molecule has 1 aromatic carbocycles. The van der Waals surface area contributed by atoms with Gasteiger partial charge in [-0.15, -0.1) is 0 Å². The van der Waals surface area contributed by atoms with Crippen molar-refractivity contribution >= 4 is 29.1 Å². The van der Waals surface area contributed by atoms with Crippen LogP contribution in [0.2, 0.25) is 0 Å². The van der Waals surface area contributed by atoms with E-state index in [1.165, 1.54) is 6.33 Å². The minimum Gasteiger partial charge on any atom is -0.348 e. The lowest BCUT2D eigenvalue weighted by Crippen LogP contribution is -2.52. The number of hydrogen-bond donors (Lipinski definition) is 3. The van der Waals surface area contributed by atoms with Crippen LogP contribution < -0.4 is 5.32 Å². The zero-order valence-electron chi connectivity index (χ0n) is 17.3. The summed E-state index contributed by atoms with van der Waals surface area (Å²) in [4.78, 5) is 54.1. The van der Waals surface area contributed by atoms with Crippen LogP contribution in [0, 0.1) is 17.3 Å². The van der Waals surface area contributed by atoms with Gasteiger partial charge in [-0.25, -0.2) is 9.97 Å². The maximum absolute atomic E-state index is 13.3. The Bertz CT molecular complexity index is 1120. The van der Waals surface area contributed by atoms with Gasteiger partial charge in [0.15, 0.2) is 5.82 Å². The molecule has 2 aromatic heterocycles. The Hall–Kier alpha value is -3.49. The molecule has 5 rings (SSSR count). The fourth-order valence-electron chi connectivity index (χ4n) is 5.02. The first-order valence-electron chi connectivity index (χ1n) is 10.4. The van der Waals surface area contributed by atoms with Gasteiger partial charge in [0.1, 0.15) is 12.3 Å². The molecule has 160 valence electrons. The lowest BCUT2D eigenvalue weighted by atomic mass is 10.00. The maximum atomic E-state index is 13.3. The van der Waals surface area contributed by atoms with Gasteiger partial charge in [-0.2, -0.15) is 0 Å². The van der Waals surface area contributed by atoms with E-state index in [-0.39, 0.29) is 34.9 Å². The smallest absolute Gasteiger partial charge is 0.290 e. The number of aldehydes is 1. The van der Waals surface area contributed by atoms with Crippen molar-refractivity contribution in [2.45, 2.75) is 32.4 Å². The Morgan fingerprint density at radius 1 is 1.35 bits per heavy atom. The molecular weight excluding hydrogens is 396 g/mol. The summed E-state index contributed by atoms with van der Waals surface area (Å²) in [6, 6.07) is 6.10. The fourth-order valence-corrected chi connectivity index (χ4v) is 5.02. The average molecular weight is 420 g/mol. The topological polar surface area (TPSA) is 124 Å². The number of nitrogens with one attached hydrogen (secondary N) is 3. The predicted octanol–water partition coefficient (Wildman–Crippen LogP) is 1.31. The Balaban J connectivity index is 1.38. The molecule has 4 atom stereocenters. The molecule has 2 aliphatic rings. The lowest BCUT2D eigenvalue weighted by molar-refractivity contribution is -0.128. The van der Waals surface area contributed by atoms with E-state index in [1.807, 2.05) is 24.3 Å². The first-order valence-corrected chi connectivity index (χ1v) is 10.4. The van der Waals surface area contributed by atoms with E-state index < -0.39 is 12.1 Å². The van der Waals surface area contributed by atoms with Crippen LogP contribution in [0.3, 0.4) is 0 Å². The van der Waals surface area contributed by atoms with Crippen LogP contribution in [0.5, 0.6) is 0 Å². The molecular formula is C22H24N6O3. The zero-order chi connectivity index (χ0) is 21.8. The minimum absolute atomic E-state index is 0.0211. The Morgan fingerprint density at radius 2 is 2.16 bits per heavy atom. The Kier molecular flexibility index (Phi) is 4.42. The number of amides is 2. The van der Waals surface area contributed by atoms with Crippen molar-refractivity contribution in [3.05, 3.63) is 48.3 Å². The number of piperidine rings is 1. The van der Waals surface area contributed by atoms with E-state index in [2.05, 4.69) is 39.1 Å². The second kappa shape index (κ2) is 7.04. The van der Waals surface area contributed by atoms with E-state index in [4.69, 9.17) is 0 Å². The molecule has 0 bridgehead atoms. The Morgan fingerprint density at radius 3 is 2.87 bits per heavy atom. The maximum Gasteiger partial charge on any atom is 0.290 e. The number of likely N-dealkylation sites (tertiary alicyclic amines) is 1. The average Bonchev–Trinajstić information content (AvgIpc) is 3.32. The number of aromatic amines is 2. The van der Waals surface area contributed by atoms with E-state index >= 15 is 0 Å². The van der Waals surface area contributed by atoms with Crippen LogP contribution in [0.4, 0.5) is 0 Å². The first-order chi connectivity index (χ1) is 14.9. The van der Waals surface area contributed by atoms with Crippen LogP contribution in [0.25, 0.3) is 11.0 Å². The van der Waals surface area contributed by atoms with Crippen molar-refractivity contribution in [3.63, 3.8) is 0 Å². The number of nitrogens with zero attached hydrogens (tertiary/aromatic N) is 3. The third-order valence-electron chi connectivity index (χ3n) is 6.82. The van der Waals surface area contributed by atoms with Gasteiger partial charge in [-0.1, -0.05) is 26.0 Å². The van der Waals surface area contributed by atoms with E-state index in [9.17, 15) is 14.4 Å². The highest BCUT2D eigenvalue weighted by Gasteiger charge is 2.69. The summed E-state index contributed by atoms with van der Waals surface area (Å²) in [7, 11) is 0. The molecule has 0 unspecified atom stereocenters. The Labute approximate surface area is 178 Å². The molecule has 3 aromatic rings. The first kappa shape index (κ1) is 19.5. The number of hydrogen-bond acceptors (Lipinski definition) is 5. The second-order valence-electron chi connectivity index (χ2n) is 8.99. The van der Waals surface area contributed by atoms with Gasteiger partial charge >= 0.3 is 0 Å². The van der Waals surface area contributed by atoms with Gasteiger partial charge in [0.2, 0.25) is 5.91 Å². The number of para-hydroxylation sites is 2. The number of H-pyrrole nitrogens is 2. The minimum atomic E-state index is -0.697. The molecule has 1 saturated carbocycles. The van der Waals surface area contributed by atoms with Gasteiger partial charge < -0.3 is 25.0 Å². The molecule has 31 heavy (non-hydrogen) atoms. The fraction of sp³-hybridized carbons (Fsp3) is 0.409. The number of fused-ring (bicyclic) bond motifs is 2. The van der Waals surface area contributed by atoms with Crippen molar-refractivity contribution < 1.29 is 14.4 Å². The SMILES string of the molecule is CC1(C)[C@@H]2[C@@H](C(=O)N[C@H](C=O)Cc3cnc[nH]3)N(C(=O)c3nc4ccccc4[nH]3)C[C@@H]21. The molecule has 1 aliphatic heterocycles. The van der Waals surface area contributed by atoms with E-state index in [0.717, 1.165) is 11.2 Å². The monoisotopic (exact) mass is 420 g/mol. The van der Waals surface area contributed by atoms with Crippen molar-refractivity contribution in [2.75, 3.05) is 6.54 Å².